The quantitative estimate of drug-likeness (QED) is 0.763. The van der Waals surface area contributed by atoms with Crippen molar-refractivity contribution in [1.82, 2.24) is 0 Å². The van der Waals surface area contributed by atoms with E-state index in [1.807, 2.05) is 25.1 Å². The van der Waals surface area contributed by atoms with Crippen molar-refractivity contribution in [2.24, 2.45) is 0 Å². The lowest BCUT2D eigenvalue weighted by Crippen LogP contribution is -2.35. The van der Waals surface area contributed by atoms with Crippen molar-refractivity contribution in [1.29, 1.82) is 0 Å². The maximum Gasteiger partial charge on any atom is 0.161 e. The first-order valence-electron chi connectivity index (χ1n) is 6.23. The largest absolute Gasteiger partial charge is 0.486 e. The zero-order chi connectivity index (χ0) is 12.6. The van der Waals surface area contributed by atoms with E-state index in [9.17, 15) is 4.79 Å². The second-order valence-electron chi connectivity index (χ2n) is 4.90. The standard InChI is InChI=1S/C14H16O4/c1-14(9-11(15)4-5-18-14)10-2-3-12-13(8-10)17-7-6-16-12/h2-3,8H,4-7,9H2,1H3. The highest BCUT2D eigenvalue weighted by Gasteiger charge is 2.34. The summed E-state index contributed by atoms with van der Waals surface area (Å²) < 4.78 is 16.8. The van der Waals surface area contributed by atoms with Crippen LogP contribution in [0.3, 0.4) is 0 Å². The lowest BCUT2D eigenvalue weighted by molar-refractivity contribution is -0.138. The topological polar surface area (TPSA) is 44.8 Å². The molecule has 3 rings (SSSR count). The molecule has 4 nitrogen and oxygen atoms in total. The van der Waals surface area contributed by atoms with E-state index >= 15 is 0 Å². The Bertz CT molecular complexity index is 483. The molecular formula is C14H16O4. The zero-order valence-corrected chi connectivity index (χ0v) is 10.4. The van der Waals surface area contributed by atoms with Crippen molar-refractivity contribution in [2.45, 2.75) is 25.4 Å². The van der Waals surface area contributed by atoms with Crippen LogP contribution in [0, 0.1) is 0 Å². The molecule has 0 aliphatic carbocycles. The van der Waals surface area contributed by atoms with E-state index in [0.29, 0.717) is 32.7 Å². The molecule has 2 aliphatic rings. The average Bonchev–Trinajstić information content (AvgIpc) is 2.38. The number of ketones is 1. The van der Waals surface area contributed by atoms with Crippen LogP contribution in [0.15, 0.2) is 18.2 Å². The molecule has 0 spiro atoms. The number of fused-ring (bicyclic) bond motifs is 1. The van der Waals surface area contributed by atoms with Crippen LogP contribution in [0.4, 0.5) is 0 Å². The third-order valence-corrected chi connectivity index (χ3v) is 3.49. The zero-order valence-electron chi connectivity index (χ0n) is 10.4. The Morgan fingerprint density at radius 1 is 1.11 bits per heavy atom. The minimum atomic E-state index is -0.537. The second kappa shape index (κ2) is 4.28. The van der Waals surface area contributed by atoms with Gasteiger partial charge in [-0.2, -0.15) is 0 Å². The number of carbonyl (C=O) groups is 1. The normalized spacial score (nSPS) is 27.1. The summed E-state index contributed by atoms with van der Waals surface area (Å²) in [6.07, 6.45) is 0.937. The van der Waals surface area contributed by atoms with Gasteiger partial charge in [-0.15, -0.1) is 0 Å². The van der Waals surface area contributed by atoms with Gasteiger partial charge in [-0.25, -0.2) is 0 Å². The van der Waals surface area contributed by atoms with Crippen LogP contribution >= 0.6 is 0 Å². The van der Waals surface area contributed by atoms with E-state index in [2.05, 4.69) is 0 Å². The predicted octanol–water partition coefficient (Wildman–Crippen LogP) is 2.05. The van der Waals surface area contributed by atoms with E-state index in [4.69, 9.17) is 14.2 Å². The van der Waals surface area contributed by atoms with Gasteiger partial charge in [-0.3, -0.25) is 4.79 Å². The maximum atomic E-state index is 11.6. The molecule has 1 unspecified atom stereocenters. The molecule has 1 aromatic rings. The highest BCUT2D eigenvalue weighted by molar-refractivity contribution is 5.80. The molecule has 2 heterocycles. The number of Topliss-reactive ketones (excluding diaryl/α,β-unsaturated/α-hetero) is 1. The van der Waals surface area contributed by atoms with Crippen LogP contribution in [0.5, 0.6) is 11.5 Å². The van der Waals surface area contributed by atoms with Gasteiger partial charge in [0.05, 0.1) is 12.2 Å². The molecule has 2 aliphatic heterocycles. The van der Waals surface area contributed by atoms with Crippen molar-refractivity contribution in [3.8, 4) is 11.5 Å². The van der Waals surface area contributed by atoms with Crippen LogP contribution in [0.25, 0.3) is 0 Å². The highest BCUT2D eigenvalue weighted by atomic mass is 16.6. The summed E-state index contributed by atoms with van der Waals surface area (Å²) in [6.45, 7) is 3.59. The summed E-state index contributed by atoms with van der Waals surface area (Å²) in [7, 11) is 0. The van der Waals surface area contributed by atoms with Crippen molar-refractivity contribution in [3.05, 3.63) is 23.8 Å². The third kappa shape index (κ3) is 1.97. The van der Waals surface area contributed by atoms with Crippen LogP contribution in [-0.2, 0) is 15.1 Å². The minimum Gasteiger partial charge on any atom is -0.486 e. The Labute approximate surface area is 106 Å². The van der Waals surface area contributed by atoms with E-state index in [1.54, 1.807) is 0 Å². The van der Waals surface area contributed by atoms with E-state index in [1.165, 1.54) is 0 Å². The molecule has 1 atom stereocenters. The van der Waals surface area contributed by atoms with Gasteiger partial charge in [-0.1, -0.05) is 6.07 Å². The second-order valence-corrected chi connectivity index (χ2v) is 4.90. The van der Waals surface area contributed by atoms with E-state index < -0.39 is 5.60 Å². The SMILES string of the molecule is CC1(c2ccc3c(c2)OCCO3)CC(=O)CCO1. The molecule has 0 radical (unpaired) electrons. The van der Waals surface area contributed by atoms with Crippen LogP contribution in [-0.4, -0.2) is 25.6 Å². The fraction of sp³-hybridized carbons (Fsp3) is 0.500. The number of rotatable bonds is 1. The Kier molecular flexibility index (Phi) is 2.74. The van der Waals surface area contributed by atoms with E-state index in [-0.39, 0.29) is 5.78 Å². The number of ether oxygens (including phenoxy) is 3. The van der Waals surface area contributed by atoms with Crippen molar-refractivity contribution in [3.63, 3.8) is 0 Å². The number of hydrogen-bond acceptors (Lipinski definition) is 4. The molecule has 0 saturated carbocycles. The number of benzene rings is 1. The monoisotopic (exact) mass is 248 g/mol. The Balaban J connectivity index is 1.93. The molecule has 1 aromatic carbocycles. The molecule has 0 aromatic heterocycles. The molecular weight excluding hydrogens is 232 g/mol. The highest BCUT2D eigenvalue weighted by Crippen LogP contribution is 2.38. The lowest BCUT2D eigenvalue weighted by Gasteiger charge is -2.34. The van der Waals surface area contributed by atoms with Crippen molar-refractivity contribution < 1.29 is 19.0 Å². The van der Waals surface area contributed by atoms with Crippen molar-refractivity contribution in [2.75, 3.05) is 19.8 Å². The first-order valence-corrected chi connectivity index (χ1v) is 6.23. The molecule has 0 bridgehead atoms. The average molecular weight is 248 g/mol. The molecule has 0 N–H and O–H groups in total. The lowest BCUT2D eigenvalue weighted by atomic mass is 9.87. The summed E-state index contributed by atoms with van der Waals surface area (Å²) >= 11 is 0. The Hall–Kier alpha value is -1.55. The maximum absolute atomic E-state index is 11.6. The fourth-order valence-corrected chi connectivity index (χ4v) is 2.46. The van der Waals surface area contributed by atoms with E-state index in [0.717, 1.165) is 17.1 Å². The van der Waals surface area contributed by atoms with Crippen LogP contribution in [0.2, 0.25) is 0 Å². The van der Waals surface area contributed by atoms with Crippen molar-refractivity contribution >= 4 is 5.78 Å². The number of carbonyl (C=O) groups excluding carboxylic acids is 1. The molecule has 4 heteroatoms. The smallest absolute Gasteiger partial charge is 0.161 e. The van der Waals surface area contributed by atoms with Gasteiger partial charge in [0, 0.05) is 12.8 Å². The molecule has 0 amide bonds. The molecule has 96 valence electrons. The van der Waals surface area contributed by atoms with Gasteiger partial charge in [0.15, 0.2) is 11.5 Å². The first kappa shape index (κ1) is 11.5. The van der Waals surface area contributed by atoms with Crippen LogP contribution < -0.4 is 9.47 Å². The third-order valence-electron chi connectivity index (χ3n) is 3.49. The molecule has 1 saturated heterocycles. The summed E-state index contributed by atoms with van der Waals surface area (Å²) in [4.78, 5) is 11.6. The van der Waals surface area contributed by atoms with Gasteiger partial charge < -0.3 is 14.2 Å². The van der Waals surface area contributed by atoms with Gasteiger partial charge in [-0.05, 0) is 24.6 Å². The summed E-state index contributed by atoms with van der Waals surface area (Å²) in [6, 6.07) is 5.76. The number of hydrogen-bond donors (Lipinski definition) is 0. The Morgan fingerprint density at radius 2 is 1.89 bits per heavy atom. The van der Waals surface area contributed by atoms with Gasteiger partial charge in [0.25, 0.3) is 0 Å². The first-order chi connectivity index (χ1) is 8.67. The fourth-order valence-electron chi connectivity index (χ4n) is 2.46. The van der Waals surface area contributed by atoms with Gasteiger partial charge in [0.1, 0.15) is 19.0 Å². The van der Waals surface area contributed by atoms with Gasteiger partial charge in [0.2, 0.25) is 0 Å². The molecule has 18 heavy (non-hydrogen) atoms. The summed E-state index contributed by atoms with van der Waals surface area (Å²) in [5.74, 6) is 1.75. The summed E-state index contributed by atoms with van der Waals surface area (Å²) in [5.41, 5.74) is 0.435. The molecule has 1 fully saturated rings. The summed E-state index contributed by atoms with van der Waals surface area (Å²) in [5, 5.41) is 0. The predicted molar refractivity (Wildman–Crippen MR) is 65.0 cm³/mol. The van der Waals surface area contributed by atoms with Gasteiger partial charge >= 0.3 is 0 Å². The Morgan fingerprint density at radius 3 is 2.67 bits per heavy atom. The minimum absolute atomic E-state index is 0.249. The van der Waals surface area contributed by atoms with Crippen LogP contribution in [0.1, 0.15) is 25.3 Å².